The molecule has 13 heavy (non-hydrogen) atoms. The van der Waals surface area contributed by atoms with E-state index in [1.54, 1.807) is 24.3 Å². The smallest absolute Gasteiger partial charge is 0.189 e. The summed E-state index contributed by atoms with van der Waals surface area (Å²) in [5.41, 5.74) is 3.30. The van der Waals surface area contributed by atoms with E-state index in [4.69, 9.17) is 23.2 Å². The van der Waals surface area contributed by atoms with E-state index in [9.17, 15) is 4.79 Å². The van der Waals surface area contributed by atoms with Gasteiger partial charge >= 0.3 is 0 Å². The van der Waals surface area contributed by atoms with Crippen molar-refractivity contribution in [2.45, 2.75) is 0 Å². The van der Waals surface area contributed by atoms with E-state index < -0.39 is 0 Å². The van der Waals surface area contributed by atoms with E-state index in [-0.39, 0.29) is 5.17 Å². The van der Waals surface area contributed by atoms with Crippen LogP contribution in [0.5, 0.6) is 0 Å². The monoisotopic (exact) mass is 216 g/mol. The Hall–Kier alpha value is -1.06. The molecule has 1 rings (SSSR count). The summed E-state index contributed by atoms with van der Waals surface area (Å²) in [5.74, 6) is 0. The van der Waals surface area contributed by atoms with Gasteiger partial charge in [0.25, 0.3) is 0 Å². The van der Waals surface area contributed by atoms with E-state index in [0.29, 0.717) is 17.0 Å². The highest BCUT2D eigenvalue weighted by Gasteiger charge is 1.91. The maximum Gasteiger partial charge on any atom is 0.189 e. The third-order valence-corrected chi connectivity index (χ3v) is 1.66. The van der Waals surface area contributed by atoms with E-state index >= 15 is 0 Å². The van der Waals surface area contributed by atoms with Crippen molar-refractivity contribution in [3.05, 3.63) is 29.3 Å². The molecule has 68 valence electrons. The van der Waals surface area contributed by atoms with Gasteiger partial charge in [-0.15, -0.1) is 0 Å². The molecule has 0 spiro atoms. The van der Waals surface area contributed by atoms with Gasteiger partial charge in [0.15, 0.2) is 11.5 Å². The Kier molecular flexibility index (Phi) is 3.73. The van der Waals surface area contributed by atoms with Crippen LogP contribution in [0, 0.1) is 0 Å². The molecule has 0 bridgehead atoms. The summed E-state index contributed by atoms with van der Waals surface area (Å²) in [7, 11) is 0. The summed E-state index contributed by atoms with van der Waals surface area (Å²) in [5, 5.41) is 4.07. The summed E-state index contributed by atoms with van der Waals surface area (Å²) < 4.78 is 0. The minimum Gasteiger partial charge on any atom is -0.295 e. The van der Waals surface area contributed by atoms with E-state index in [2.05, 4.69) is 10.5 Å². The number of rotatable bonds is 3. The third kappa shape index (κ3) is 3.44. The standard InChI is InChI=1S/C8H6Cl2N2O/c9-6-1-3-7(4-2-6)11-12-8(10)5-13/h1-5,11H/b12-8+. The lowest BCUT2D eigenvalue weighted by Gasteiger charge is -1.98. The van der Waals surface area contributed by atoms with Gasteiger partial charge in [-0.1, -0.05) is 23.2 Å². The fourth-order valence-corrected chi connectivity index (χ4v) is 0.837. The van der Waals surface area contributed by atoms with Crippen molar-refractivity contribution in [2.75, 3.05) is 5.43 Å². The number of carbonyl (C=O) groups is 1. The number of aldehydes is 1. The number of hydrogen-bond donors (Lipinski definition) is 1. The Balaban J connectivity index is 2.65. The summed E-state index contributed by atoms with van der Waals surface area (Å²) >= 11 is 11.0. The first-order valence-electron chi connectivity index (χ1n) is 3.42. The maximum atomic E-state index is 10.1. The van der Waals surface area contributed by atoms with Crippen LogP contribution in [0.4, 0.5) is 5.69 Å². The zero-order valence-electron chi connectivity index (χ0n) is 6.50. The molecule has 0 aliphatic rings. The first kappa shape index (κ1) is 10.0. The first-order valence-corrected chi connectivity index (χ1v) is 4.18. The zero-order chi connectivity index (χ0) is 9.68. The Morgan fingerprint density at radius 3 is 2.54 bits per heavy atom. The van der Waals surface area contributed by atoms with Crippen molar-refractivity contribution < 1.29 is 4.79 Å². The average Bonchev–Trinajstić information content (AvgIpc) is 2.16. The van der Waals surface area contributed by atoms with Crippen LogP contribution >= 0.6 is 23.2 Å². The Bertz CT molecular complexity index is 321. The predicted molar refractivity (Wildman–Crippen MR) is 54.4 cm³/mol. The summed E-state index contributed by atoms with van der Waals surface area (Å²) in [4.78, 5) is 10.1. The van der Waals surface area contributed by atoms with Crippen molar-refractivity contribution in [3.8, 4) is 0 Å². The lowest BCUT2D eigenvalue weighted by molar-refractivity contribution is -0.102. The lowest BCUT2D eigenvalue weighted by atomic mass is 10.3. The van der Waals surface area contributed by atoms with Crippen LogP contribution in [0.1, 0.15) is 0 Å². The topological polar surface area (TPSA) is 41.5 Å². The molecule has 0 heterocycles. The quantitative estimate of drug-likeness (QED) is 0.480. The number of benzene rings is 1. The normalized spacial score (nSPS) is 11.1. The molecule has 0 aliphatic heterocycles. The van der Waals surface area contributed by atoms with Gasteiger partial charge in [0.2, 0.25) is 0 Å². The zero-order valence-corrected chi connectivity index (χ0v) is 8.01. The van der Waals surface area contributed by atoms with Gasteiger partial charge < -0.3 is 0 Å². The van der Waals surface area contributed by atoms with Crippen molar-refractivity contribution in [1.82, 2.24) is 0 Å². The second-order valence-electron chi connectivity index (χ2n) is 2.17. The van der Waals surface area contributed by atoms with Gasteiger partial charge in [0.1, 0.15) is 0 Å². The molecule has 0 saturated heterocycles. The molecule has 0 atom stereocenters. The molecule has 5 heteroatoms. The fraction of sp³-hybridized carbons (Fsp3) is 0. The fourth-order valence-electron chi connectivity index (χ4n) is 0.669. The molecule has 0 saturated carbocycles. The molecule has 0 aromatic heterocycles. The van der Waals surface area contributed by atoms with Gasteiger partial charge in [-0.05, 0) is 24.3 Å². The van der Waals surface area contributed by atoms with E-state index in [1.807, 2.05) is 0 Å². The summed E-state index contributed by atoms with van der Waals surface area (Å²) in [6.45, 7) is 0. The first-order chi connectivity index (χ1) is 6.22. The highest BCUT2D eigenvalue weighted by molar-refractivity contribution is 6.79. The average molecular weight is 217 g/mol. The van der Waals surface area contributed by atoms with Crippen molar-refractivity contribution in [3.63, 3.8) is 0 Å². The van der Waals surface area contributed by atoms with Gasteiger partial charge in [-0.25, -0.2) is 0 Å². The van der Waals surface area contributed by atoms with E-state index in [0.717, 1.165) is 0 Å². The minimum atomic E-state index is -0.130. The van der Waals surface area contributed by atoms with Crippen LogP contribution in [0.15, 0.2) is 29.4 Å². The lowest BCUT2D eigenvalue weighted by Crippen LogP contribution is -1.95. The number of hydrogen-bond acceptors (Lipinski definition) is 3. The molecule has 0 aliphatic carbocycles. The number of carbonyl (C=O) groups excluding carboxylic acids is 1. The maximum absolute atomic E-state index is 10.1. The summed E-state index contributed by atoms with van der Waals surface area (Å²) in [6.07, 6.45) is 0.449. The molecule has 1 aromatic rings. The molecular formula is C8H6Cl2N2O. The number of anilines is 1. The predicted octanol–water partition coefficient (Wildman–Crippen LogP) is 2.50. The number of nitrogens with one attached hydrogen (secondary N) is 1. The van der Waals surface area contributed by atoms with E-state index in [1.165, 1.54) is 0 Å². The second-order valence-corrected chi connectivity index (χ2v) is 2.99. The minimum absolute atomic E-state index is 0.130. The Morgan fingerprint density at radius 2 is 2.00 bits per heavy atom. The van der Waals surface area contributed by atoms with Crippen molar-refractivity contribution in [1.29, 1.82) is 0 Å². The molecule has 3 nitrogen and oxygen atoms in total. The molecule has 0 fully saturated rings. The molecule has 0 unspecified atom stereocenters. The Labute approximate surface area is 85.3 Å². The molecule has 1 N–H and O–H groups in total. The van der Waals surface area contributed by atoms with Crippen LogP contribution in [-0.2, 0) is 4.79 Å². The number of halogens is 2. The van der Waals surface area contributed by atoms with Gasteiger partial charge in [-0.2, -0.15) is 5.10 Å². The van der Waals surface area contributed by atoms with Gasteiger partial charge in [-0.3, -0.25) is 10.2 Å². The molecule has 0 amide bonds. The second kappa shape index (κ2) is 4.84. The molecule has 1 aromatic carbocycles. The summed E-state index contributed by atoms with van der Waals surface area (Å²) in [6, 6.07) is 6.85. The van der Waals surface area contributed by atoms with Crippen LogP contribution < -0.4 is 5.43 Å². The third-order valence-electron chi connectivity index (χ3n) is 1.23. The Morgan fingerprint density at radius 1 is 1.38 bits per heavy atom. The number of hydrazone groups is 1. The van der Waals surface area contributed by atoms with Crippen molar-refractivity contribution in [2.24, 2.45) is 5.10 Å². The largest absolute Gasteiger partial charge is 0.295 e. The molecule has 0 radical (unpaired) electrons. The van der Waals surface area contributed by atoms with Crippen LogP contribution in [0.25, 0.3) is 0 Å². The molecular weight excluding hydrogens is 211 g/mol. The van der Waals surface area contributed by atoms with Gasteiger partial charge in [0, 0.05) is 5.02 Å². The van der Waals surface area contributed by atoms with Crippen LogP contribution in [0.2, 0.25) is 5.02 Å². The van der Waals surface area contributed by atoms with Crippen molar-refractivity contribution >= 4 is 40.3 Å². The van der Waals surface area contributed by atoms with Crippen LogP contribution in [-0.4, -0.2) is 11.5 Å². The highest BCUT2D eigenvalue weighted by Crippen LogP contribution is 2.13. The SMILES string of the molecule is O=C/C(Cl)=N\Nc1ccc(Cl)cc1. The van der Waals surface area contributed by atoms with Gasteiger partial charge in [0.05, 0.1) is 5.69 Å². The van der Waals surface area contributed by atoms with Crippen LogP contribution in [0.3, 0.4) is 0 Å². The highest BCUT2D eigenvalue weighted by atomic mass is 35.5. The number of nitrogens with zero attached hydrogens (tertiary/aromatic N) is 1.